The molecule has 5 heteroatoms. The van der Waals surface area contributed by atoms with Gasteiger partial charge in [0.05, 0.1) is 5.02 Å². The number of amides is 1. The summed E-state index contributed by atoms with van der Waals surface area (Å²) in [5.41, 5.74) is 1.90. The summed E-state index contributed by atoms with van der Waals surface area (Å²) in [6.45, 7) is 0. The molecule has 2 rings (SSSR count). The summed E-state index contributed by atoms with van der Waals surface area (Å²) < 4.78 is 0. The number of anilines is 1. The maximum Gasteiger partial charge on any atom is 0.267 e. The number of carbonyl (C=O) groups is 1. The molecule has 2 aromatic rings. The van der Waals surface area contributed by atoms with Gasteiger partial charge in [0.1, 0.15) is 4.88 Å². The van der Waals surface area contributed by atoms with Crippen molar-refractivity contribution in [3.63, 3.8) is 0 Å². The minimum atomic E-state index is -0.180. The maximum atomic E-state index is 11.9. The zero-order valence-electron chi connectivity index (χ0n) is 9.45. The van der Waals surface area contributed by atoms with E-state index < -0.39 is 0 Å². The molecule has 0 aliphatic carbocycles. The molecular formula is C13H11Cl2NOS. The first-order chi connectivity index (χ1) is 8.70. The van der Waals surface area contributed by atoms with Gasteiger partial charge in [-0.05, 0) is 35.6 Å². The first-order valence-electron chi connectivity index (χ1n) is 5.40. The summed E-state index contributed by atoms with van der Waals surface area (Å²) >= 11 is 12.9. The molecule has 2 nitrogen and oxygen atoms in total. The van der Waals surface area contributed by atoms with Crippen LogP contribution in [0.3, 0.4) is 0 Å². The molecular weight excluding hydrogens is 289 g/mol. The average Bonchev–Trinajstić information content (AvgIpc) is 2.78. The number of thiophene rings is 1. The summed E-state index contributed by atoms with van der Waals surface area (Å²) in [6.07, 6.45) is 0.826. The monoisotopic (exact) mass is 299 g/mol. The quantitative estimate of drug-likeness (QED) is 0.831. The lowest BCUT2D eigenvalue weighted by Gasteiger charge is -2.05. The molecule has 0 aliphatic rings. The summed E-state index contributed by atoms with van der Waals surface area (Å²) in [5, 5.41) is 5.08. The molecule has 0 unspecified atom stereocenters. The summed E-state index contributed by atoms with van der Waals surface area (Å²) in [5.74, 6) is 0.413. The van der Waals surface area contributed by atoms with Crippen LogP contribution in [0.25, 0.3) is 0 Å². The zero-order chi connectivity index (χ0) is 13.0. The third-order valence-electron chi connectivity index (χ3n) is 2.42. The highest BCUT2D eigenvalue weighted by molar-refractivity contribution is 7.12. The van der Waals surface area contributed by atoms with Crippen LogP contribution in [0.4, 0.5) is 5.69 Å². The molecule has 0 fully saturated rings. The number of nitrogens with one attached hydrogen (secondary N) is 1. The van der Waals surface area contributed by atoms with Crippen molar-refractivity contribution in [2.45, 2.75) is 6.42 Å². The predicted molar refractivity (Wildman–Crippen MR) is 78.1 cm³/mol. The van der Waals surface area contributed by atoms with Crippen molar-refractivity contribution < 1.29 is 4.79 Å². The number of benzene rings is 1. The minimum Gasteiger partial charge on any atom is -0.321 e. The fourth-order valence-corrected chi connectivity index (χ4v) is 2.76. The third kappa shape index (κ3) is 3.25. The van der Waals surface area contributed by atoms with Crippen molar-refractivity contribution in [3.8, 4) is 0 Å². The van der Waals surface area contributed by atoms with Gasteiger partial charge in [-0.2, -0.15) is 0 Å². The third-order valence-corrected chi connectivity index (χ3v) is 3.95. The highest BCUT2D eigenvalue weighted by Gasteiger charge is 2.11. The van der Waals surface area contributed by atoms with Gasteiger partial charge in [0.2, 0.25) is 0 Å². The molecule has 1 heterocycles. The Bertz CT molecular complexity index is 536. The van der Waals surface area contributed by atoms with Gasteiger partial charge in [-0.15, -0.1) is 22.9 Å². The van der Waals surface area contributed by atoms with Gasteiger partial charge in [0.25, 0.3) is 5.91 Å². The fourth-order valence-electron chi connectivity index (χ4n) is 1.51. The Kier molecular flexibility index (Phi) is 4.64. The normalized spacial score (nSPS) is 10.3. The van der Waals surface area contributed by atoms with Crippen LogP contribution in [0.2, 0.25) is 5.02 Å². The van der Waals surface area contributed by atoms with Crippen molar-refractivity contribution in [3.05, 3.63) is 51.2 Å². The summed E-state index contributed by atoms with van der Waals surface area (Å²) in [4.78, 5) is 12.4. The Morgan fingerprint density at radius 1 is 1.22 bits per heavy atom. The van der Waals surface area contributed by atoms with Gasteiger partial charge >= 0.3 is 0 Å². The van der Waals surface area contributed by atoms with E-state index in [0.717, 1.165) is 17.7 Å². The highest BCUT2D eigenvalue weighted by atomic mass is 35.5. The molecule has 0 aliphatic heterocycles. The summed E-state index contributed by atoms with van der Waals surface area (Å²) in [6, 6.07) is 9.34. The Balaban J connectivity index is 2.05. The molecule has 1 aromatic heterocycles. The van der Waals surface area contributed by atoms with Crippen LogP contribution in [0.1, 0.15) is 15.2 Å². The van der Waals surface area contributed by atoms with Gasteiger partial charge in [-0.1, -0.05) is 23.7 Å². The summed E-state index contributed by atoms with van der Waals surface area (Å²) in [7, 11) is 0. The minimum absolute atomic E-state index is 0.180. The molecule has 0 spiro atoms. The van der Waals surface area contributed by atoms with E-state index in [1.165, 1.54) is 11.3 Å². The topological polar surface area (TPSA) is 29.1 Å². The number of alkyl halides is 1. The van der Waals surface area contributed by atoms with E-state index in [2.05, 4.69) is 5.32 Å². The Morgan fingerprint density at radius 3 is 2.50 bits per heavy atom. The number of rotatable bonds is 4. The molecule has 1 amide bonds. The number of hydrogen-bond acceptors (Lipinski definition) is 2. The van der Waals surface area contributed by atoms with Crippen LogP contribution in [0, 0.1) is 0 Å². The van der Waals surface area contributed by atoms with E-state index in [4.69, 9.17) is 23.2 Å². The predicted octanol–water partition coefficient (Wildman–Crippen LogP) is 4.44. The SMILES string of the molecule is O=C(Nc1ccc(CCCl)cc1)c1sccc1Cl. The van der Waals surface area contributed by atoms with Crippen molar-refractivity contribution in [1.82, 2.24) is 0 Å². The molecule has 1 N–H and O–H groups in total. The van der Waals surface area contributed by atoms with Crippen molar-refractivity contribution >= 4 is 46.1 Å². The number of halogens is 2. The lowest BCUT2D eigenvalue weighted by molar-refractivity contribution is 0.103. The van der Waals surface area contributed by atoms with E-state index in [9.17, 15) is 4.79 Å². The Labute approximate surface area is 120 Å². The molecule has 18 heavy (non-hydrogen) atoms. The Hall–Kier alpha value is -1.03. The van der Waals surface area contributed by atoms with Crippen LogP contribution < -0.4 is 5.32 Å². The first-order valence-corrected chi connectivity index (χ1v) is 7.19. The van der Waals surface area contributed by atoms with Crippen molar-refractivity contribution in [2.75, 3.05) is 11.2 Å². The zero-order valence-corrected chi connectivity index (χ0v) is 11.8. The second kappa shape index (κ2) is 6.23. The fraction of sp³-hybridized carbons (Fsp3) is 0.154. The van der Waals surface area contributed by atoms with E-state index in [1.807, 2.05) is 24.3 Å². The second-order valence-corrected chi connectivity index (χ2v) is 5.39. The number of aryl methyl sites for hydroxylation is 1. The number of hydrogen-bond donors (Lipinski definition) is 1. The average molecular weight is 300 g/mol. The first kappa shape index (κ1) is 13.4. The van der Waals surface area contributed by atoms with E-state index in [0.29, 0.717) is 15.8 Å². The molecule has 0 saturated carbocycles. The lowest BCUT2D eigenvalue weighted by atomic mass is 10.1. The lowest BCUT2D eigenvalue weighted by Crippen LogP contribution is -2.10. The second-order valence-electron chi connectivity index (χ2n) is 3.69. The van der Waals surface area contributed by atoms with Crippen LogP contribution in [-0.2, 0) is 6.42 Å². The van der Waals surface area contributed by atoms with Crippen LogP contribution >= 0.6 is 34.5 Å². The van der Waals surface area contributed by atoms with Crippen LogP contribution in [-0.4, -0.2) is 11.8 Å². The molecule has 1 aromatic carbocycles. The molecule has 0 radical (unpaired) electrons. The standard InChI is InChI=1S/C13H11Cl2NOS/c14-7-5-9-1-3-10(4-2-9)16-13(17)12-11(15)6-8-18-12/h1-4,6,8H,5,7H2,(H,16,17). The van der Waals surface area contributed by atoms with Gasteiger partial charge in [-0.3, -0.25) is 4.79 Å². The number of carbonyl (C=O) groups excluding carboxylic acids is 1. The van der Waals surface area contributed by atoms with Crippen molar-refractivity contribution in [1.29, 1.82) is 0 Å². The Morgan fingerprint density at radius 2 is 1.94 bits per heavy atom. The largest absolute Gasteiger partial charge is 0.321 e. The van der Waals surface area contributed by atoms with Gasteiger partial charge in [0.15, 0.2) is 0 Å². The molecule has 0 bridgehead atoms. The smallest absolute Gasteiger partial charge is 0.267 e. The van der Waals surface area contributed by atoms with Gasteiger partial charge < -0.3 is 5.32 Å². The molecule has 0 atom stereocenters. The highest BCUT2D eigenvalue weighted by Crippen LogP contribution is 2.23. The van der Waals surface area contributed by atoms with E-state index >= 15 is 0 Å². The van der Waals surface area contributed by atoms with Crippen LogP contribution in [0.15, 0.2) is 35.7 Å². The molecule has 0 saturated heterocycles. The van der Waals surface area contributed by atoms with E-state index in [1.54, 1.807) is 11.4 Å². The van der Waals surface area contributed by atoms with Gasteiger partial charge in [-0.25, -0.2) is 0 Å². The van der Waals surface area contributed by atoms with Crippen molar-refractivity contribution in [2.24, 2.45) is 0 Å². The molecule has 94 valence electrons. The van der Waals surface area contributed by atoms with E-state index in [-0.39, 0.29) is 5.91 Å². The van der Waals surface area contributed by atoms with Gasteiger partial charge in [0, 0.05) is 11.6 Å². The van der Waals surface area contributed by atoms with Crippen LogP contribution in [0.5, 0.6) is 0 Å². The maximum absolute atomic E-state index is 11.9.